The summed E-state index contributed by atoms with van der Waals surface area (Å²) in [5, 5.41) is 0. The minimum absolute atomic E-state index is 0.165. The third kappa shape index (κ3) is 5.99. The average Bonchev–Trinajstić information content (AvgIpc) is 2.85. The standard InChI is InChI=1S/C28H40F2O2/c1-2-3-4-5-20-6-10-22(11-7-20)25-18-31-28(32-19-25)24-14-15-26(27(30)16-24)23-12-8-21(17-29)9-13-23/h4-5,14-16,20-23,25,28H,2-3,6-13,17-19H2,1H3/b5-4+. The van der Waals surface area contributed by atoms with Crippen LogP contribution in [-0.2, 0) is 9.47 Å². The molecule has 1 aromatic rings. The molecule has 0 amide bonds. The molecule has 1 aromatic carbocycles. The predicted molar refractivity (Wildman–Crippen MR) is 125 cm³/mol. The highest BCUT2D eigenvalue weighted by atomic mass is 19.1. The molecule has 32 heavy (non-hydrogen) atoms. The van der Waals surface area contributed by atoms with Gasteiger partial charge in [-0.05, 0) is 93.1 Å². The predicted octanol–water partition coefficient (Wildman–Crippen LogP) is 7.89. The van der Waals surface area contributed by atoms with E-state index in [0.29, 0.717) is 25.0 Å². The van der Waals surface area contributed by atoms with E-state index in [1.54, 1.807) is 6.07 Å². The lowest BCUT2D eigenvalue weighted by Gasteiger charge is -2.37. The molecule has 0 aromatic heterocycles. The van der Waals surface area contributed by atoms with Crippen LogP contribution in [0, 0.1) is 29.5 Å². The van der Waals surface area contributed by atoms with Gasteiger partial charge in [0, 0.05) is 11.5 Å². The lowest BCUT2D eigenvalue weighted by atomic mass is 9.76. The monoisotopic (exact) mass is 446 g/mol. The van der Waals surface area contributed by atoms with E-state index in [1.165, 1.54) is 38.5 Å². The van der Waals surface area contributed by atoms with Gasteiger partial charge in [0.15, 0.2) is 6.29 Å². The summed E-state index contributed by atoms with van der Waals surface area (Å²) in [6, 6.07) is 5.45. The number of alkyl halides is 1. The second-order valence-corrected chi connectivity index (χ2v) is 10.3. The number of unbranched alkanes of at least 4 members (excludes halogenated alkanes) is 1. The molecule has 2 nitrogen and oxygen atoms in total. The lowest BCUT2D eigenvalue weighted by molar-refractivity contribution is -0.214. The number of rotatable bonds is 7. The third-order valence-corrected chi connectivity index (χ3v) is 8.07. The Morgan fingerprint density at radius 2 is 1.66 bits per heavy atom. The summed E-state index contributed by atoms with van der Waals surface area (Å²) in [6.07, 6.45) is 15.2. The minimum atomic E-state index is -0.467. The Balaban J connectivity index is 1.25. The van der Waals surface area contributed by atoms with Gasteiger partial charge in [-0.25, -0.2) is 4.39 Å². The molecule has 2 aliphatic carbocycles. The molecule has 1 aliphatic heterocycles. The molecule has 0 radical (unpaired) electrons. The van der Waals surface area contributed by atoms with Crippen molar-refractivity contribution in [3.05, 3.63) is 47.3 Å². The molecule has 0 atom stereocenters. The first-order valence-corrected chi connectivity index (χ1v) is 12.9. The van der Waals surface area contributed by atoms with Crippen LogP contribution < -0.4 is 0 Å². The van der Waals surface area contributed by atoms with Crippen molar-refractivity contribution in [2.75, 3.05) is 19.9 Å². The summed E-state index contributed by atoms with van der Waals surface area (Å²) in [5.74, 6) is 2.06. The fourth-order valence-electron chi connectivity index (χ4n) is 5.90. The number of halogens is 2. The smallest absolute Gasteiger partial charge is 0.183 e. The van der Waals surface area contributed by atoms with Crippen LogP contribution in [-0.4, -0.2) is 19.9 Å². The van der Waals surface area contributed by atoms with E-state index in [-0.39, 0.29) is 24.3 Å². The van der Waals surface area contributed by atoms with Crippen molar-refractivity contribution in [1.82, 2.24) is 0 Å². The van der Waals surface area contributed by atoms with Gasteiger partial charge in [0.1, 0.15) is 5.82 Å². The zero-order chi connectivity index (χ0) is 22.3. The van der Waals surface area contributed by atoms with Crippen molar-refractivity contribution in [2.24, 2.45) is 23.7 Å². The SMILES string of the molecule is CCC/C=C/C1CCC(C2COC(c3ccc(C4CCC(CF)CC4)c(F)c3)OC2)CC1. The number of hydrogen-bond acceptors (Lipinski definition) is 2. The second kappa shape index (κ2) is 11.7. The molecule has 0 bridgehead atoms. The van der Waals surface area contributed by atoms with E-state index in [0.717, 1.165) is 42.7 Å². The van der Waals surface area contributed by atoms with Crippen LogP contribution in [0.15, 0.2) is 30.4 Å². The topological polar surface area (TPSA) is 18.5 Å². The third-order valence-electron chi connectivity index (χ3n) is 8.07. The largest absolute Gasteiger partial charge is 0.348 e. The minimum Gasteiger partial charge on any atom is -0.348 e. The van der Waals surface area contributed by atoms with Gasteiger partial charge >= 0.3 is 0 Å². The molecule has 3 aliphatic rings. The van der Waals surface area contributed by atoms with Crippen LogP contribution in [0.5, 0.6) is 0 Å². The zero-order valence-corrected chi connectivity index (χ0v) is 19.6. The van der Waals surface area contributed by atoms with Crippen molar-refractivity contribution < 1.29 is 18.3 Å². The van der Waals surface area contributed by atoms with Gasteiger partial charge < -0.3 is 9.47 Å². The molecule has 1 saturated heterocycles. The second-order valence-electron chi connectivity index (χ2n) is 10.3. The summed E-state index contributed by atoms with van der Waals surface area (Å²) in [6.45, 7) is 3.37. The maximum absolute atomic E-state index is 14.9. The first kappa shape index (κ1) is 23.9. The zero-order valence-electron chi connectivity index (χ0n) is 19.6. The fourth-order valence-corrected chi connectivity index (χ4v) is 5.90. The maximum atomic E-state index is 14.9. The summed E-state index contributed by atoms with van der Waals surface area (Å²) < 4.78 is 39.9. The molecule has 0 N–H and O–H groups in total. The van der Waals surface area contributed by atoms with E-state index < -0.39 is 6.29 Å². The van der Waals surface area contributed by atoms with Crippen molar-refractivity contribution in [1.29, 1.82) is 0 Å². The molecule has 1 heterocycles. The molecular weight excluding hydrogens is 406 g/mol. The van der Waals surface area contributed by atoms with Gasteiger partial charge in [-0.15, -0.1) is 0 Å². The Hall–Kier alpha value is -1.26. The molecule has 0 unspecified atom stereocenters. The van der Waals surface area contributed by atoms with E-state index in [2.05, 4.69) is 19.1 Å². The Morgan fingerprint density at radius 1 is 0.938 bits per heavy atom. The van der Waals surface area contributed by atoms with Crippen LogP contribution >= 0.6 is 0 Å². The van der Waals surface area contributed by atoms with E-state index >= 15 is 0 Å². The van der Waals surface area contributed by atoms with Crippen LogP contribution in [0.3, 0.4) is 0 Å². The number of ether oxygens (including phenoxy) is 2. The van der Waals surface area contributed by atoms with Gasteiger partial charge in [0.2, 0.25) is 0 Å². The van der Waals surface area contributed by atoms with Crippen molar-refractivity contribution >= 4 is 0 Å². The highest BCUT2D eigenvalue weighted by molar-refractivity contribution is 5.28. The van der Waals surface area contributed by atoms with E-state index in [1.807, 2.05) is 12.1 Å². The molecule has 178 valence electrons. The van der Waals surface area contributed by atoms with E-state index in [9.17, 15) is 8.78 Å². The van der Waals surface area contributed by atoms with Gasteiger partial charge in [0.25, 0.3) is 0 Å². The Morgan fingerprint density at radius 3 is 2.28 bits per heavy atom. The quantitative estimate of drug-likeness (QED) is 0.396. The molecular formula is C28H40F2O2. The van der Waals surface area contributed by atoms with Gasteiger partial charge in [0.05, 0.1) is 19.9 Å². The fraction of sp³-hybridized carbons (Fsp3) is 0.714. The van der Waals surface area contributed by atoms with Gasteiger partial charge in [-0.1, -0.05) is 37.6 Å². The van der Waals surface area contributed by atoms with Gasteiger partial charge in [-0.3, -0.25) is 4.39 Å². The van der Waals surface area contributed by atoms with Crippen LogP contribution in [0.25, 0.3) is 0 Å². The summed E-state index contributed by atoms with van der Waals surface area (Å²) in [5.41, 5.74) is 1.54. The van der Waals surface area contributed by atoms with Crippen LogP contribution in [0.1, 0.15) is 94.5 Å². The lowest BCUT2D eigenvalue weighted by Crippen LogP contribution is -2.34. The highest BCUT2D eigenvalue weighted by Crippen LogP contribution is 2.40. The van der Waals surface area contributed by atoms with Crippen molar-refractivity contribution in [3.63, 3.8) is 0 Å². The summed E-state index contributed by atoms with van der Waals surface area (Å²) in [7, 11) is 0. The van der Waals surface area contributed by atoms with Crippen LogP contribution in [0.2, 0.25) is 0 Å². The molecule has 4 rings (SSSR count). The van der Waals surface area contributed by atoms with Crippen molar-refractivity contribution in [3.8, 4) is 0 Å². The Labute approximate surface area is 192 Å². The first-order valence-electron chi connectivity index (χ1n) is 12.9. The number of allylic oxidation sites excluding steroid dienone is 2. The molecule has 4 heteroatoms. The number of benzene rings is 1. The first-order chi connectivity index (χ1) is 15.7. The average molecular weight is 447 g/mol. The molecule has 2 saturated carbocycles. The van der Waals surface area contributed by atoms with Crippen molar-refractivity contribution in [2.45, 2.75) is 83.3 Å². The van der Waals surface area contributed by atoms with Crippen LogP contribution in [0.4, 0.5) is 8.78 Å². The maximum Gasteiger partial charge on any atom is 0.183 e. The summed E-state index contributed by atoms with van der Waals surface area (Å²) >= 11 is 0. The summed E-state index contributed by atoms with van der Waals surface area (Å²) in [4.78, 5) is 0. The van der Waals surface area contributed by atoms with Gasteiger partial charge in [-0.2, -0.15) is 0 Å². The Kier molecular flexibility index (Phi) is 8.76. The molecule has 3 fully saturated rings. The van der Waals surface area contributed by atoms with E-state index in [4.69, 9.17) is 9.47 Å². The molecule has 0 spiro atoms. The highest BCUT2D eigenvalue weighted by Gasteiger charge is 2.32. The Bertz CT molecular complexity index is 725. The normalized spacial score (nSPS) is 34.1. The number of hydrogen-bond donors (Lipinski definition) is 0.